The molecule has 0 aromatic rings. The van der Waals surface area contributed by atoms with Gasteiger partial charge < -0.3 is 16.2 Å². The second-order valence-corrected chi connectivity index (χ2v) is 3.60. The first kappa shape index (κ1) is 11.0. The summed E-state index contributed by atoms with van der Waals surface area (Å²) in [4.78, 5) is 22.5. The smallest absolute Gasteiger partial charge is 0.225 e. The first-order valence-corrected chi connectivity index (χ1v) is 4.84. The molecule has 1 fully saturated rings. The van der Waals surface area contributed by atoms with E-state index in [1.54, 1.807) is 0 Å². The molecule has 2 atom stereocenters. The number of hydrogen-bond donors (Lipinski definition) is 3. The van der Waals surface area contributed by atoms with Gasteiger partial charge in [0.15, 0.2) is 0 Å². The van der Waals surface area contributed by atoms with E-state index in [4.69, 9.17) is 10.8 Å². The fraction of sp³-hybridized carbons (Fsp3) is 0.778. The molecular weight excluding hydrogens is 184 g/mol. The Labute approximate surface area is 82.7 Å². The molecule has 0 aromatic heterocycles. The number of nitrogens with one attached hydrogen (secondary N) is 1. The number of aliphatic hydroxyl groups excluding tert-OH is 1. The fourth-order valence-electron chi connectivity index (χ4n) is 1.99. The summed E-state index contributed by atoms with van der Waals surface area (Å²) < 4.78 is 0. The van der Waals surface area contributed by atoms with E-state index in [1.165, 1.54) is 0 Å². The van der Waals surface area contributed by atoms with Crippen LogP contribution < -0.4 is 11.1 Å². The maximum Gasteiger partial charge on any atom is 0.225 e. The van der Waals surface area contributed by atoms with Crippen LogP contribution in [0.5, 0.6) is 0 Å². The summed E-state index contributed by atoms with van der Waals surface area (Å²) in [6.45, 7) is -0.388. The highest BCUT2D eigenvalue weighted by molar-refractivity contribution is 5.86. The van der Waals surface area contributed by atoms with Gasteiger partial charge in [0.05, 0.1) is 0 Å². The third-order valence-electron chi connectivity index (χ3n) is 2.72. The average Bonchev–Trinajstić information content (AvgIpc) is 2.18. The molecular formula is C9H16N2O3. The van der Waals surface area contributed by atoms with Crippen molar-refractivity contribution in [2.75, 3.05) is 6.73 Å². The lowest BCUT2D eigenvalue weighted by Crippen LogP contribution is -2.42. The molecule has 0 heterocycles. The summed E-state index contributed by atoms with van der Waals surface area (Å²) in [5, 5.41) is 10.9. The van der Waals surface area contributed by atoms with Crippen molar-refractivity contribution in [3.8, 4) is 0 Å². The second kappa shape index (κ2) is 4.95. The Bertz CT molecular complexity index is 230. The van der Waals surface area contributed by atoms with Gasteiger partial charge in [-0.3, -0.25) is 9.59 Å². The first-order valence-electron chi connectivity index (χ1n) is 4.84. The summed E-state index contributed by atoms with van der Waals surface area (Å²) in [5.41, 5.74) is 5.21. The quantitative estimate of drug-likeness (QED) is 0.528. The normalized spacial score (nSPS) is 26.9. The van der Waals surface area contributed by atoms with Crippen molar-refractivity contribution in [3.63, 3.8) is 0 Å². The Morgan fingerprint density at radius 1 is 1.29 bits per heavy atom. The molecule has 0 spiro atoms. The average molecular weight is 200 g/mol. The number of nitrogens with two attached hydrogens (primary N) is 1. The molecule has 0 bridgehead atoms. The van der Waals surface area contributed by atoms with Crippen LogP contribution >= 0.6 is 0 Å². The van der Waals surface area contributed by atoms with Crippen molar-refractivity contribution < 1.29 is 14.7 Å². The summed E-state index contributed by atoms with van der Waals surface area (Å²) in [6, 6.07) is 0. The third kappa shape index (κ3) is 2.45. The maximum atomic E-state index is 11.4. The van der Waals surface area contributed by atoms with Crippen LogP contribution in [0.1, 0.15) is 25.7 Å². The van der Waals surface area contributed by atoms with E-state index in [1.807, 2.05) is 0 Å². The standard InChI is InChI=1S/C9H16N2O3/c10-8(13)6-3-1-2-4-7(6)9(14)11-5-12/h6-7,12H,1-5H2,(H2,10,13)(H,11,14). The van der Waals surface area contributed by atoms with Crippen LogP contribution in [0, 0.1) is 11.8 Å². The van der Waals surface area contributed by atoms with E-state index in [9.17, 15) is 9.59 Å². The lowest BCUT2D eigenvalue weighted by atomic mass is 9.78. The SMILES string of the molecule is NC(=O)C1CCCCC1C(=O)NCO. The van der Waals surface area contributed by atoms with Crippen molar-refractivity contribution >= 4 is 11.8 Å². The van der Waals surface area contributed by atoms with Gasteiger partial charge in [-0.05, 0) is 12.8 Å². The topological polar surface area (TPSA) is 92.4 Å². The minimum absolute atomic E-state index is 0.268. The zero-order valence-corrected chi connectivity index (χ0v) is 8.03. The predicted octanol–water partition coefficient (Wildman–Crippen LogP) is -0.656. The molecule has 1 aliphatic carbocycles. The van der Waals surface area contributed by atoms with Crippen LogP contribution in [0.15, 0.2) is 0 Å². The van der Waals surface area contributed by atoms with Gasteiger partial charge in [-0.25, -0.2) is 0 Å². The number of aliphatic hydroxyl groups is 1. The molecule has 0 saturated heterocycles. The van der Waals surface area contributed by atoms with Crippen molar-refractivity contribution in [1.82, 2.24) is 5.32 Å². The lowest BCUT2D eigenvalue weighted by molar-refractivity contribution is -0.135. The third-order valence-corrected chi connectivity index (χ3v) is 2.72. The van der Waals surface area contributed by atoms with Gasteiger partial charge in [-0.15, -0.1) is 0 Å². The number of hydrogen-bond acceptors (Lipinski definition) is 3. The van der Waals surface area contributed by atoms with Crippen LogP contribution in [-0.4, -0.2) is 23.7 Å². The molecule has 0 radical (unpaired) electrons. The van der Waals surface area contributed by atoms with Gasteiger partial charge in [-0.2, -0.15) is 0 Å². The van der Waals surface area contributed by atoms with Crippen LogP contribution in [0.3, 0.4) is 0 Å². The molecule has 2 unspecified atom stereocenters. The molecule has 2 amide bonds. The lowest BCUT2D eigenvalue weighted by Gasteiger charge is -2.27. The van der Waals surface area contributed by atoms with Crippen LogP contribution in [0.4, 0.5) is 0 Å². The van der Waals surface area contributed by atoms with E-state index >= 15 is 0 Å². The maximum absolute atomic E-state index is 11.4. The minimum Gasteiger partial charge on any atom is -0.377 e. The van der Waals surface area contributed by atoms with Crippen LogP contribution in [0.2, 0.25) is 0 Å². The largest absolute Gasteiger partial charge is 0.377 e. The number of carbonyl (C=O) groups is 2. The monoisotopic (exact) mass is 200 g/mol. The highest BCUT2D eigenvalue weighted by Gasteiger charge is 2.34. The Morgan fingerprint density at radius 2 is 1.86 bits per heavy atom. The minimum atomic E-state index is -0.414. The summed E-state index contributed by atoms with van der Waals surface area (Å²) in [7, 11) is 0. The molecule has 1 saturated carbocycles. The van der Waals surface area contributed by atoms with Crippen molar-refractivity contribution in [2.45, 2.75) is 25.7 Å². The molecule has 4 N–H and O–H groups in total. The molecule has 5 nitrogen and oxygen atoms in total. The Kier molecular flexibility index (Phi) is 3.88. The van der Waals surface area contributed by atoms with Crippen molar-refractivity contribution in [2.24, 2.45) is 17.6 Å². The number of rotatable bonds is 3. The first-order chi connectivity index (χ1) is 6.66. The molecule has 80 valence electrons. The van der Waals surface area contributed by atoms with E-state index in [-0.39, 0.29) is 24.5 Å². The highest BCUT2D eigenvalue weighted by atomic mass is 16.3. The molecule has 0 aliphatic heterocycles. The zero-order valence-electron chi connectivity index (χ0n) is 8.03. The number of primary amides is 1. The van der Waals surface area contributed by atoms with Crippen molar-refractivity contribution in [3.05, 3.63) is 0 Å². The van der Waals surface area contributed by atoms with Gasteiger partial charge in [0.25, 0.3) is 0 Å². The van der Waals surface area contributed by atoms with Crippen LogP contribution in [-0.2, 0) is 9.59 Å². The van der Waals surface area contributed by atoms with E-state index in [0.717, 1.165) is 12.8 Å². The van der Waals surface area contributed by atoms with Gasteiger partial charge in [0, 0.05) is 11.8 Å². The number of carbonyl (C=O) groups excluding carboxylic acids is 2. The second-order valence-electron chi connectivity index (χ2n) is 3.60. The molecule has 0 aromatic carbocycles. The summed E-state index contributed by atoms with van der Waals surface area (Å²) in [5.74, 6) is -1.40. The van der Waals surface area contributed by atoms with E-state index < -0.39 is 5.91 Å². The summed E-state index contributed by atoms with van der Waals surface area (Å²) >= 11 is 0. The summed E-state index contributed by atoms with van der Waals surface area (Å²) in [6.07, 6.45) is 3.24. The Hall–Kier alpha value is -1.10. The Balaban J connectivity index is 2.62. The fourth-order valence-corrected chi connectivity index (χ4v) is 1.99. The van der Waals surface area contributed by atoms with Gasteiger partial charge >= 0.3 is 0 Å². The molecule has 1 aliphatic rings. The van der Waals surface area contributed by atoms with E-state index in [2.05, 4.69) is 5.32 Å². The van der Waals surface area contributed by atoms with Crippen LogP contribution in [0.25, 0.3) is 0 Å². The predicted molar refractivity (Wildman–Crippen MR) is 49.9 cm³/mol. The molecule has 14 heavy (non-hydrogen) atoms. The highest BCUT2D eigenvalue weighted by Crippen LogP contribution is 2.29. The number of amides is 2. The Morgan fingerprint density at radius 3 is 2.36 bits per heavy atom. The molecule has 5 heteroatoms. The van der Waals surface area contributed by atoms with E-state index in [0.29, 0.717) is 12.8 Å². The van der Waals surface area contributed by atoms with Crippen molar-refractivity contribution in [1.29, 1.82) is 0 Å². The molecule has 1 rings (SSSR count). The van der Waals surface area contributed by atoms with Gasteiger partial charge in [0.2, 0.25) is 11.8 Å². The van der Waals surface area contributed by atoms with Gasteiger partial charge in [-0.1, -0.05) is 12.8 Å². The van der Waals surface area contributed by atoms with Gasteiger partial charge in [0.1, 0.15) is 6.73 Å². The zero-order chi connectivity index (χ0) is 10.6.